The van der Waals surface area contributed by atoms with Crippen molar-refractivity contribution < 1.29 is 13.9 Å². The zero-order valence-corrected chi connectivity index (χ0v) is 15.3. The molecule has 0 aliphatic carbocycles. The van der Waals surface area contributed by atoms with Gasteiger partial charge in [0.15, 0.2) is 6.23 Å². The second-order valence-corrected chi connectivity index (χ2v) is 6.24. The van der Waals surface area contributed by atoms with Gasteiger partial charge in [0.2, 0.25) is 0 Å². The molecule has 0 saturated heterocycles. The number of esters is 1. The smallest absolute Gasteiger partial charge is 0.311 e. The fourth-order valence-corrected chi connectivity index (χ4v) is 2.58. The van der Waals surface area contributed by atoms with Gasteiger partial charge in [0.05, 0.1) is 6.42 Å². The number of halogens is 2. The highest BCUT2D eigenvalue weighted by molar-refractivity contribution is 6.31. The van der Waals surface area contributed by atoms with Gasteiger partial charge in [0.1, 0.15) is 11.2 Å². The van der Waals surface area contributed by atoms with E-state index >= 15 is 0 Å². The molecule has 0 bridgehead atoms. The van der Waals surface area contributed by atoms with Gasteiger partial charge in [-0.3, -0.25) is 9.69 Å². The first-order chi connectivity index (χ1) is 10.9. The molecule has 4 nitrogen and oxygen atoms in total. The highest BCUT2D eigenvalue weighted by atomic mass is 35.5. The summed E-state index contributed by atoms with van der Waals surface area (Å²) in [5.74, 6) is -0.260. The van der Waals surface area contributed by atoms with E-state index in [2.05, 4.69) is 0 Å². The SMILES string of the molecule is CC(OC(=O)Cc1ccc2c(c1)oc1ccc(Cl)cc12)N(C)C.Cl. The van der Waals surface area contributed by atoms with Crippen molar-refractivity contribution in [3.8, 4) is 0 Å². The van der Waals surface area contributed by atoms with Gasteiger partial charge in [0, 0.05) is 15.8 Å². The van der Waals surface area contributed by atoms with Crippen molar-refractivity contribution in [1.29, 1.82) is 0 Å². The first-order valence-electron chi connectivity index (χ1n) is 7.40. The Bertz CT molecular complexity index is 873. The van der Waals surface area contributed by atoms with Gasteiger partial charge in [-0.1, -0.05) is 23.7 Å². The zero-order valence-electron chi connectivity index (χ0n) is 13.7. The Balaban J connectivity index is 0.00000208. The highest BCUT2D eigenvalue weighted by Crippen LogP contribution is 2.31. The van der Waals surface area contributed by atoms with Crippen LogP contribution in [0.3, 0.4) is 0 Å². The lowest BCUT2D eigenvalue weighted by Crippen LogP contribution is -2.30. The van der Waals surface area contributed by atoms with E-state index in [4.69, 9.17) is 20.8 Å². The fourth-order valence-electron chi connectivity index (χ4n) is 2.41. The molecule has 0 fully saturated rings. The summed E-state index contributed by atoms with van der Waals surface area (Å²) < 4.78 is 11.2. The molecule has 0 radical (unpaired) electrons. The third kappa shape index (κ3) is 3.83. The third-order valence-electron chi connectivity index (χ3n) is 3.88. The maximum atomic E-state index is 12.0. The summed E-state index contributed by atoms with van der Waals surface area (Å²) in [5.41, 5.74) is 2.39. The summed E-state index contributed by atoms with van der Waals surface area (Å²) in [6, 6.07) is 11.3. The van der Waals surface area contributed by atoms with Gasteiger partial charge in [-0.15, -0.1) is 12.4 Å². The molecule has 128 valence electrons. The Morgan fingerprint density at radius 1 is 1.17 bits per heavy atom. The first kappa shape index (κ1) is 18.6. The van der Waals surface area contributed by atoms with Crippen molar-refractivity contribution in [2.75, 3.05) is 14.1 Å². The molecular formula is C18H19Cl2NO3. The van der Waals surface area contributed by atoms with Crippen molar-refractivity contribution in [2.24, 2.45) is 0 Å². The van der Waals surface area contributed by atoms with Crippen molar-refractivity contribution in [1.82, 2.24) is 4.90 Å². The molecule has 2 aromatic carbocycles. The van der Waals surface area contributed by atoms with E-state index in [0.717, 1.165) is 27.5 Å². The van der Waals surface area contributed by atoms with Crippen LogP contribution in [-0.2, 0) is 16.0 Å². The molecule has 1 unspecified atom stereocenters. The monoisotopic (exact) mass is 367 g/mol. The van der Waals surface area contributed by atoms with Gasteiger partial charge >= 0.3 is 5.97 Å². The molecule has 3 aromatic rings. The Kier molecular flexibility index (Phi) is 5.75. The number of hydrogen-bond donors (Lipinski definition) is 0. The molecule has 0 amide bonds. The summed E-state index contributed by atoms with van der Waals surface area (Å²) in [7, 11) is 3.73. The Hall–Kier alpha value is -1.75. The number of benzene rings is 2. The second kappa shape index (κ2) is 7.43. The molecule has 0 aliphatic rings. The van der Waals surface area contributed by atoms with Crippen LogP contribution in [0, 0.1) is 0 Å². The van der Waals surface area contributed by atoms with Crippen LogP contribution in [0.15, 0.2) is 40.8 Å². The fraction of sp³-hybridized carbons (Fsp3) is 0.278. The number of carbonyl (C=O) groups is 1. The van der Waals surface area contributed by atoms with E-state index < -0.39 is 0 Å². The first-order valence-corrected chi connectivity index (χ1v) is 7.78. The lowest BCUT2D eigenvalue weighted by Gasteiger charge is -2.19. The summed E-state index contributed by atoms with van der Waals surface area (Å²) in [6.45, 7) is 1.84. The highest BCUT2D eigenvalue weighted by Gasteiger charge is 2.13. The standard InChI is InChI=1S/C18H18ClNO3.ClH/c1-11(20(2)3)22-18(21)9-12-4-6-14-15-10-13(19)5-7-16(15)23-17(14)8-12;/h4-8,10-11H,9H2,1-3H3;1H. The van der Waals surface area contributed by atoms with Crippen LogP contribution in [0.25, 0.3) is 21.9 Å². The van der Waals surface area contributed by atoms with Gasteiger partial charge in [0.25, 0.3) is 0 Å². The minimum absolute atomic E-state index is 0. The van der Waals surface area contributed by atoms with Crippen LogP contribution >= 0.6 is 24.0 Å². The summed E-state index contributed by atoms with van der Waals surface area (Å²) in [4.78, 5) is 13.8. The molecule has 3 rings (SSSR count). The van der Waals surface area contributed by atoms with Gasteiger partial charge in [-0.25, -0.2) is 0 Å². The van der Waals surface area contributed by atoms with Gasteiger partial charge < -0.3 is 9.15 Å². The average Bonchev–Trinajstić information content (AvgIpc) is 2.83. The Labute approximate surface area is 151 Å². The minimum Gasteiger partial charge on any atom is -0.456 e. The van der Waals surface area contributed by atoms with Crippen LogP contribution in [0.5, 0.6) is 0 Å². The van der Waals surface area contributed by atoms with Gasteiger partial charge in [-0.05, 0) is 50.8 Å². The van der Waals surface area contributed by atoms with E-state index in [-0.39, 0.29) is 31.0 Å². The van der Waals surface area contributed by atoms with E-state index in [1.165, 1.54) is 0 Å². The summed E-state index contributed by atoms with van der Waals surface area (Å²) in [5, 5.41) is 2.63. The quantitative estimate of drug-likeness (QED) is 0.497. The van der Waals surface area contributed by atoms with E-state index in [0.29, 0.717) is 5.02 Å². The minimum atomic E-state index is -0.260. The number of carbonyl (C=O) groups excluding carboxylic acids is 1. The number of furan rings is 1. The molecular weight excluding hydrogens is 349 g/mol. The molecule has 0 aliphatic heterocycles. The van der Waals surface area contributed by atoms with Crippen molar-refractivity contribution in [2.45, 2.75) is 19.6 Å². The van der Waals surface area contributed by atoms with Crippen molar-refractivity contribution in [3.63, 3.8) is 0 Å². The molecule has 1 aromatic heterocycles. The summed E-state index contributed by atoms with van der Waals surface area (Å²) in [6.07, 6.45) is -0.0362. The average molecular weight is 368 g/mol. The number of nitrogens with zero attached hydrogens (tertiary/aromatic N) is 1. The van der Waals surface area contributed by atoms with Crippen molar-refractivity contribution in [3.05, 3.63) is 47.0 Å². The van der Waals surface area contributed by atoms with E-state index in [1.54, 1.807) is 6.07 Å². The lowest BCUT2D eigenvalue weighted by molar-refractivity contribution is -0.154. The maximum absolute atomic E-state index is 12.0. The molecule has 0 N–H and O–H groups in total. The van der Waals surface area contributed by atoms with Gasteiger partial charge in [-0.2, -0.15) is 0 Å². The van der Waals surface area contributed by atoms with Crippen molar-refractivity contribution >= 4 is 51.9 Å². The number of hydrogen-bond acceptors (Lipinski definition) is 4. The molecule has 24 heavy (non-hydrogen) atoms. The molecule has 1 heterocycles. The normalized spacial score (nSPS) is 12.4. The number of fused-ring (bicyclic) bond motifs is 3. The summed E-state index contributed by atoms with van der Waals surface area (Å²) >= 11 is 6.04. The molecule has 6 heteroatoms. The predicted molar refractivity (Wildman–Crippen MR) is 98.9 cm³/mol. The molecule has 0 spiro atoms. The number of ether oxygens (including phenoxy) is 1. The largest absolute Gasteiger partial charge is 0.456 e. The molecule has 1 atom stereocenters. The maximum Gasteiger partial charge on any atom is 0.311 e. The Morgan fingerprint density at radius 2 is 1.92 bits per heavy atom. The van der Waals surface area contributed by atoms with Crippen LogP contribution < -0.4 is 0 Å². The van der Waals surface area contributed by atoms with Crippen LogP contribution in [-0.4, -0.2) is 31.2 Å². The lowest BCUT2D eigenvalue weighted by atomic mass is 10.1. The van der Waals surface area contributed by atoms with E-state index in [9.17, 15) is 4.79 Å². The van der Waals surface area contributed by atoms with Crippen LogP contribution in [0.4, 0.5) is 0 Å². The van der Waals surface area contributed by atoms with E-state index in [1.807, 2.05) is 56.3 Å². The predicted octanol–water partition coefficient (Wildman–Crippen LogP) is 4.65. The zero-order chi connectivity index (χ0) is 16.6. The van der Waals surface area contributed by atoms with Crippen LogP contribution in [0.1, 0.15) is 12.5 Å². The van der Waals surface area contributed by atoms with Crippen LogP contribution in [0.2, 0.25) is 5.02 Å². The Morgan fingerprint density at radius 3 is 2.62 bits per heavy atom. The number of rotatable bonds is 4. The molecule has 0 saturated carbocycles. The topological polar surface area (TPSA) is 42.7 Å². The third-order valence-corrected chi connectivity index (χ3v) is 4.11. The second-order valence-electron chi connectivity index (χ2n) is 5.80.